The van der Waals surface area contributed by atoms with Crippen LogP contribution in [0.1, 0.15) is 11.1 Å². The quantitative estimate of drug-likeness (QED) is 0.848. The number of halogens is 5. The molecule has 0 radical (unpaired) electrons. The third-order valence-electron chi connectivity index (χ3n) is 3.71. The zero-order valence-corrected chi connectivity index (χ0v) is 11.8. The number of benzene rings is 2. The van der Waals surface area contributed by atoms with Gasteiger partial charge in [-0.2, -0.15) is 13.2 Å². The van der Waals surface area contributed by atoms with Gasteiger partial charge in [0.15, 0.2) is 0 Å². The zero-order valence-electron chi connectivity index (χ0n) is 11.8. The first-order valence-electron chi connectivity index (χ1n) is 6.86. The third kappa shape index (κ3) is 2.88. The molecule has 0 saturated heterocycles. The van der Waals surface area contributed by atoms with Crippen LogP contribution in [0.25, 0.3) is 11.1 Å². The van der Waals surface area contributed by atoms with Crippen LogP contribution in [0.15, 0.2) is 30.3 Å². The first-order chi connectivity index (χ1) is 10.8. The van der Waals surface area contributed by atoms with Crippen LogP contribution in [0.5, 0.6) is 5.75 Å². The Bertz CT molecular complexity index is 757. The van der Waals surface area contributed by atoms with Gasteiger partial charge in [0.1, 0.15) is 23.5 Å². The highest BCUT2D eigenvalue weighted by Crippen LogP contribution is 2.44. The molecular weight excluding hydrogens is 317 g/mol. The van der Waals surface area contributed by atoms with Crippen LogP contribution in [0.4, 0.5) is 22.0 Å². The number of hydrogen-bond acceptors (Lipinski definition) is 2. The summed E-state index contributed by atoms with van der Waals surface area (Å²) in [4.78, 5) is 0. The summed E-state index contributed by atoms with van der Waals surface area (Å²) in [6.45, 7) is 0.126. The normalized spacial score (nSPS) is 17.0. The van der Waals surface area contributed by atoms with E-state index in [1.807, 2.05) is 0 Å². The van der Waals surface area contributed by atoms with Crippen LogP contribution < -0.4 is 10.5 Å². The molecule has 2 nitrogen and oxygen atoms in total. The maximum Gasteiger partial charge on any atom is 0.416 e. The lowest BCUT2D eigenvalue weighted by Gasteiger charge is -2.14. The van der Waals surface area contributed by atoms with Crippen LogP contribution in [0.2, 0.25) is 0 Å². The van der Waals surface area contributed by atoms with Gasteiger partial charge in [0.25, 0.3) is 0 Å². The second-order valence-corrected chi connectivity index (χ2v) is 5.31. The Kier molecular flexibility index (Phi) is 3.75. The fraction of sp³-hybridized carbons (Fsp3) is 0.250. The van der Waals surface area contributed by atoms with Crippen molar-refractivity contribution in [1.82, 2.24) is 0 Å². The van der Waals surface area contributed by atoms with Gasteiger partial charge in [-0.3, -0.25) is 0 Å². The van der Waals surface area contributed by atoms with Crippen LogP contribution in [-0.2, 0) is 12.6 Å². The van der Waals surface area contributed by atoms with Gasteiger partial charge in [0.05, 0.1) is 5.56 Å². The van der Waals surface area contributed by atoms with E-state index in [2.05, 4.69) is 0 Å². The van der Waals surface area contributed by atoms with Gasteiger partial charge in [0.2, 0.25) is 0 Å². The maximum absolute atomic E-state index is 14.0. The maximum atomic E-state index is 14.0. The molecule has 0 spiro atoms. The molecule has 23 heavy (non-hydrogen) atoms. The average molecular weight is 329 g/mol. The second-order valence-electron chi connectivity index (χ2n) is 5.31. The van der Waals surface area contributed by atoms with E-state index >= 15 is 0 Å². The van der Waals surface area contributed by atoms with Crippen molar-refractivity contribution in [2.45, 2.75) is 18.7 Å². The molecule has 0 amide bonds. The molecule has 1 aliphatic heterocycles. The Morgan fingerprint density at radius 3 is 2.43 bits per heavy atom. The number of nitrogens with two attached hydrogens (primary N) is 1. The van der Waals surface area contributed by atoms with E-state index in [-0.39, 0.29) is 29.8 Å². The van der Waals surface area contributed by atoms with Crippen molar-refractivity contribution in [2.75, 3.05) is 6.54 Å². The van der Waals surface area contributed by atoms with E-state index in [0.717, 1.165) is 24.3 Å². The number of ether oxygens (including phenoxy) is 1. The lowest BCUT2D eigenvalue weighted by Crippen LogP contribution is -2.24. The minimum absolute atomic E-state index is 0.0525. The minimum atomic E-state index is -4.58. The molecule has 0 fully saturated rings. The van der Waals surface area contributed by atoms with Crippen LogP contribution in [0.3, 0.4) is 0 Å². The average Bonchev–Trinajstić information content (AvgIpc) is 2.88. The van der Waals surface area contributed by atoms with Crippen LogP contribution in [0, 0.1) is 11.6 Å². The molecule has 0 aliphatic carbocycles. The van der Waals surface area contributed by atoms with Gasteiger partial charge in [-0.05, 0) is 29.8 Å². The fourth-order valence-corrected chi connectivity index (χ4v) is 2.64. The molecule has 3 rings (SSSR count). The van der Waals surface area contributed by atoms with Crippen molar-refractivity contribution >= 4 is 0 Å². The molecule has 0 bridgehead atoms. The highest BCUT2D eigenvalue weighted by Gasteiger charge is 2.35. The summed E-state index contributed by atoms with van der Waals surface area (Å²) in [6, 6.07) is 4.50. The summed E-state index contributed by atoms with van der Waals surface area (Å²) in [6.07, 6.45) is -4.83. The monoisotopic (exact) mass is 329 g/mol. The first kappa shape index (κ1) is 15.7. The van der Waals surface area contributed by atoms with E-state index in [1.165, 1.54) is 0 Å². The molecule has 1 aliphatic rings. The molecule has 0 aromatic heterocycles. The Morgan fingerprint density at radius 1 is 1.09 bits per heavy atom. The topological polar surface area (TPSA) is 35.2 Å². The lowest BCUT2D eigenvalue weighted by molar-refractivity contribution is -0.137. The van der Waals surface area contributed by atoms with Crippen molar-refractivity contribution in [3.05, 3.63) is 53.1 Å². The van der Waals surface area contributed by atoms with Crippen molar-refractivity contribution < 1.29 is 26.7 Å². The van der Waals surface area contributed by atoms with E-state index in [4.69, 9.17) is 10.5 Å². The van der Waals surface area contributed by atoms with Crippen molar-refractivity contribution in [2.24, 2.45) is 5.73 Å². The molecule has 7 heteroatoms. The number of fused-ring (bicyclic) bond motifs is 1. The van der Waals surface area contributed by atoms with Crippen LogP contribution in [-0.4, -0.2) is 12.6 Å². The smallest absolute Gasteiger partial charge is 0.416 e. The van der Waals surface area contributed by atoms with E-state index < -0.39 is 29.5 Å². The molecular formula is C16H12F5NO. The Balaban J connectivity index is 2.21. The zero-order chi connectivity index (χ0) is 16.8. The van der Waals surface area contributed by atoms with Gasteiger partial charge in [0, 0.05) is 30.2 Å². The summed E-state index contributed by atoms with van der Waals surface area (Å²) in [5.41, 5.74) is 4.71. The highest BCUT2D eigenvalue weighted by atomic mass is 19.4. The molecule has 2 aromatic carbocycles. The molecule has 1 heterocycles. The van der Waals surface area contributed by atoms with Crippen molar-refractivity contribution in [3.63, 3.8) is 0 Å². The number of hydrogen-bond donors (Lipinski definition) is 1. The standard InChI is InChI=1S/C16H12F5NO/c17-10-1-2-12(14(18)6-10)13-5-9(16(19,20)21)3-8-4-11(7-22)23-15(8)13/h1-3,5-6,11H,4,7,22H2. The van der Waals surface area contributed by atoms with Crippen molar-refractivity contribution in [1.29, 1.82) is 0 Å². The minimum Gasteiger partial charge on any atom is -0.488 e. The van der Waals surface area contributed by atoms with Crippen LogP contribution >= 0.6 is 0 Å². The van der Waals surface area contributed by atoms with Gasteiger partial charge in [-0.15, -0.1) is 0 Å². The third-order valence-corrected chi connectivity index (χ3v) is 3.71. The van der Waals surface area contributed by atoms with Gasteiger partial charge < -0.3 is 10.5 Å². The summed E-state index contributed by atoms with van der Waals surface area (Å²) in [7, 11) is 0. The molecule has 0 saturated carbocycles. The predicted molar refractivity (Wildman–Crippen MR) is 74.0 cm³/mol. The Morgan fingerprint density at radius 2 is 1.83 bits per heavy atom. The first-order valence-corrected chi connectivity index (χ1v) is 6.86. The fourth-order valence-electron chi connectivity index (χ4n) is 2.64. The summed E-state index contributed by atoms with van der Waals surface area (Å²) in [5.74, 6) is -1.60. The SMILES string of the molecule is NCC1Cc2cc(C(F)(F)F)cc(-c3ccc(F)cc3F)c2O1. The largest absolute Gasteiger partial charge is 0.488 e. The predicted octanol–water partition coefficient (Wildman–Crippen LogP) is 3.91. The Labute approximate surface area is 128 Å². The van der Waals surface area contributed by atoms with Gasteiger partial charge >= 0.3 is 6.18 Å². The van der Waals surface area contributed by atoms with Gasteiger partial charge in [-0.25, -0.2) is 8.78 Å². The highest BCUT2D eigenvalue weighted by molar-refractivity contribution is 5.74. The molecule has 2 N–H and O–H groups in total. The van der Waals surface area contributed by atoms with Gasteiger partial charge in [-0.1, -0.05) is 0 Å². The lowest BCUT2D eigenvalue weighted by atomic mass is 9.96. The van der Waals surface area contributed by atoms with E-state index in [9.17, 15) is 22.0 Å². The van der Waals surface area contributed by atoms with Crippen molar-refractivity contribution in [3.8, 4) is 16.9 Å². The van der Waals surface area contributed by atoms with E-state index in [1.54, 1.807) is 0 Å². The molecule has 1 unspecified atom stereocenters. The molecule has 1 atom stereocenters. The summed E-state index contributed by atoms with van der Waals surface area (Å²) < 4.78 is 71.8. The molecule has 2 aromatic rings. The number of alkyl halides is 3. The summed E-state index contributed by atoms with van der Waals surface area (Å²) in [5, 5.41) is 0. The Hall–Kier alpha value is -2.15. The molecule has 122 valence electrons. The van der Waals surface area contributed by atoms with E-state index in [0.29, 0.717) is 11.6 Å². The second kappa shape index (κ2) is 5.49. The summed E-state index contributed by atoms with van der Waals surface area (Å²) >= 11 is 0. The number of rotatable bonds is 2.